The fraction of sp³-hybridized carbons (Fsp3) is 0.118. The van der Waals surface area contributed by atoms with Crippen LogP contribution in [0.2, 0.25) is 0 Å². The van der Waals surface area contributed by atoms with Crippen LogP contribution in [0.15, 0.2) is 91.0 Å². The highest BCUT2D eigenvalue weighted by molar-refractivity contribution is 6.28. The van der Waals surface area contributed by atoms with Crippen LogP contribution in [0.3, 0.4) is 0 Å². The third-order valence-electron chi connectivity index (χ3n) is 7.30. The quantitative estimate of drug-likeness (QED) is 0.192. The lowest BCUT2D eigenvalue weighted by Crippen LogP contribution is -2.10. The van der Waals surface area contributed by atoms with E-state index in [1.165, 1.54) is 37.9 Å². The molecule has 6 aromatic carbocycles. The smallest absolute Gasteiger partial charge is 0.150 e. The Balaban J connectivity index is 1.74. The van der Waals surface area contributed by atoms with Crippen molar-refractivity contribution in [3.05, 3.63) is 108 Å². The average molecular weight is 467 g/mol. The summed E-state index contributed by atoms with van der Waals surface area (Å²) in [6, 6.07) is 31.4. The fourth-order valence-corrected chi connectivity index (χ4v) is 5.31. The summed E-state index contributed by atoms with van der Waals surface area (Å²) < 4.78 is 0. The Hall–Kier alpha value is -4.30. The summed E-state index contributed by atoms with van der Waals surface area (Å²) in [5, 5.41) is 7.39. The van der Waals surface area contributed by atoms with E-state index in [1.54, 1.807) is 0 Å². The molecule has 174 valence electrons. The lowest BCUT2D eigenvalue weighted by molar-refractivity contribution is 0.111. The Labute approximate surface area is 210 Å². The number of aldehydes is 2. The van der Waals surface area contributed by atoms with Crippen molar-refractivity contribution < 1.29 is 9.59 Å². The first-order valence-electron chi connectivity index (χ1n) is 12.2. The van der Waals surface area contributed by atoms with Crippen LogP contribution in [0.25, 0.3) is 54.6 Å². The Morgan fingerprint density at radius 2 is 0.972 bits per heavy atom. The van der Waals surface area contributed by atoms with Gasteiger partial charge in [-0.25, -0.2) is 0 Å². The molecule has 0 heterocycles. The van der Waals surface area contributed by atoms with Crippen LogP contribution in [0.5, 0.6) is 0 Å². The second-order valence-corrected chi connectivity index (χ2v) is 10.6. The van der Waals surface area contributed by atoms with Crippen molar-refractivity contribution in [3.63, 3.8) is 0 Å². The Kier molecular flexibility index (Phi) is 5.01. The molecular weight excluding hydrogens is 440 g/mol. The predicted molar refractivity (Wildman–Crippen MR) is 150 cm³/mol. The molecule has 0 fully saturated rings. The van der Waals surface area contributed by atoms with Gasteiger partial charge in [0.1, 0.15) is 12.6 Å². The van der Waals surface area contributed by atoms with Gasteiger partial charge < -0.3 is 0 Å². The van der Waals surface area contributed by atoms with Crippen LogP contribution in [-0.4, -0.2) is 12.6 Å². The van der Waals surface area contributed by atoms with Crippen molar-refractivity contribution in [1.82, 2.24) is 0 Å². The van der Waals surface area contributed by atoms with Gasteiger partial charge >= 0.3 is 0 Å². The molecule has 0 spiro atoms. The van der Waals surface area contributed by atoms with Crippen LogP contribution in [0, 0.1) is 0 Å². The van der Waals surface area contributed by atoms with E-state index in [9.17, 15) is 9.59 Å². The number of rotatable bonds is 4. The molecule has 0 atom stereocenters. The monoisotopic (exact) mass is 466 g/mol. The number of hydrogen-bond donors (Lipinski definition) is 0. The minimum Gasteiger partial charge on any atom is -0.298 e. The van der Waals surface area contributed by atoms with Crippen LogP contribution < -0.4 is 0 Å². The second kappa shape index (κ2) is 8.13. The van der Waals surface area contributed by atoms with Gasteiger partial charge in [0, 0.05) is 11.1 Å². The molecule has 36 heavy (non-hydrogen) atoms. The summed E-state index contributed by atoms with van der Waals surface area (Å²) in [6.07, 6.45) is 1.75. The maximum atomic E-state index is 11.3. The molecule has 0 N–H and O–H groups in total. The van der Waals surface area contributed by atoms with E-state index in [0.717, 1.165) is 34.8 Å². The second-order valence-electron chi connectivity index (χ2n) is 10.6. The van der Waals surface area contributed by atoms with Crippen molar-refractivity contribution >= 4 is 44.9 Å². The molecule has 0 aliphatic heterocycles. The van der Waals surface area contributed by atoms with E-state index >= 15 is 0 Å². The zero-order chi connectivity index (χ0) is 25.0. The summed E-state index contributed by atoms with van der Waals surface area (Å²) in [7, 11) is 0. The van der Waals surface area contributed by atoms with E-state index in [4.69, 9.17) is 0 Å². The van der Waals surface area contributed by atoms with Crippen LogP contribution >= 0.6 is 0 Å². The van der Waals surface area contributed by atoms with Gasteiger partial charge in [-0.1, -0.05) is 106 Å². The van der Waals surface area contributed by atoms with Gasteiger partial charge in [0.25, 0.3) is 0 Å². The summed E-state index contributed by atoms with van der Waals surface area (Å²) in [5.41, 5.74) is 7.10. The van der Waals surface area contributed by atoms with Crippen LogP contribution in [0.1, 0.15) is 47.1 Å². The van der Waals surface area contributed by atoms with Gasteiger partial charge in [0.2, 0.25) is 0 Å². The molecule has 2 nitrogen and oxygen atoms in total. The number of benzene rings is 6. The molecule has 6 aromatic rings. The van der Waals surface area contributed by atoms with Crippen molar-refractivity contribution in [3.8, 4) is 22.3 Å². The minimum absolute atomic E-state index is 0.0570. The van der Waals surface area contributed by atoms with Crippen molar-refractivity contribution in [2.24, 2.45) is 0 Å². The Morgan fingerprint density at radius 1 is 0.528 bits per heavy atom. The van der Waals surface area contributed by atoms with Gasteiger partial charge in [-0.15, -0.1) is 0 Å². The number of carbonyl (C=O) groups excluding carboxylic acids is 2. The first-order valence-corrected chi connectivity index (χ1v) is 12.2. The molecule has 6 rings (SSSR count). The molecule has 0 aliphatic rings. The summed E-state index contributed by atoms with van der Waals surface area (Å²) in [5.74, 6) is 0. The number of hydrogen-bond acceptors (Lipinski definition) is 2. The zero-order valence-electron chi connectivity index (χ0n) is 20.6. The molecule has 0 unspecified atom stereocenters. The van der Waals surface area contributed by atoms with E-state index < -0.39 is 0 Å². The summed E-state index contributed by atoms with van der Waals surface area (Å²) in [6.45, 7) is 6.76. The maximum Gasteiger partial charge on any atom is 0.150 e. The molecule has 0 bridgehead atoms. The van der Waals surface area contributed by atoms with Crippen LogP contribution in [-0.2, 0) is 5.41 Å². The summed E-state index contributed by atoms with van der Waals surface area (Å²) >= 11 is 0. The molecule has 0 radical (unpaired) electrons. The van der Waals surface area contributed by atoms with E-state index in [2.05, 4.69) is 63.2 Å². The maximum absolute atomic E-state index is 11.3. The molecular formula is C34H26O2. The van der Waals surface area contributed by atoms with E-state index in [-0.39, 0.29) is 5.41 Å². The standard InChI is InChI=1S/C34H26O2/c1-34(2,3)27-16-25-12-14-28-30(23-8-4-21(19-35)5-9-23)18-31(24-10-6-22(20-36)7-11-24)29-15-13-26(17-27)32(25)33(28)29/h4-20H,1-3H3. The predicted octanol–water partition coefficient (Wildman–Crippen LogP) is 8.84. The highest BCUT2D eigenvalue weighted by atomic mass is 16.1. The highest BCUT2D eigenvalue weighted by Crippen LogP contribution is 2.45. The van der Waals surface area contributed by atoms with Crippen molar-refractivity contribution in [1.29, 1.82) is 0 Å². The van der Waals surface area contributed by atoms with Gasteiger partial charge in [-0.3, -0.25) is 9.59 Å². The van der Waals surface area contributed by atoms with E-state index in [0.29, 0.717) is 11.1 Å². The van der Waals surface area contributed by atoms with Gasteiger partial charge in [0.15, 0.2) is 0 Å². The number of carbonyl (C=O) groups is 2. The topological polar surface area (TPSA) is 34.1 Å². The lowest BCUT2D eigenvalue weighted by atomic mass is 9.81. The minimum atomic E-state index is 0.0570. The molecule has 0 saturated carbocycles. The first kappa shape index (κ1) is 22.2. The Morgan fingerprint density at radius 3 is 1.36 bits per heavy atom. The highest BCUT2D eigenvalue weighted by Gasteiger charge is 2.20. The van der Waals surface area contributed by atoms with Crippen molar-refractivity contribution in [2.75, 3.05) is 0 Å². The van der Waals surface area contributed by atoms with Crippen molar-refractivity contribution in [2.45, 2.75) is 26.2 Å². The Bertz CT molecular complexity index is 1650. The van der Waals surface area contributed by atoms with Gasteiger partial charge in [0.05, 0.1) is 0 Å². The molecule has 0 aliphatic carbocycles. The third-order valence-corrected chi connectivity index (χ3v) is 7.30. The molecule has 0 saturated heterocycles. The molecule has 0 amide bonds. The van der Waals surface area contributed by atoms with Crippen LogP contribution in [0.4, 0.5) is 0 Å². The zero-order valence-corrected chi connectivity index (χ0v) is 20.6. The SMILES string of the molecule is CC(C)(C)c1cc2ccc3c(-c4ccc(C=O)cc4)cc(-c4ccc(C=O)cc4)c4ccc(c1)c2c34. The fourth-order valence-electron chi connectivity index (χ4n) is 5.31. The normalized spacial score (nSPS) is 12.0. The van der Waals surface area contributed by atoms with Gasteiger partial charge in [-0.05, 0) is 71.6 Å². The average Bonchev–Trinajstić information content (AvgIpc) is 2.90. The first-order chi connectivity index (χ1) is 17.4. The third kappa shape index (κ3) is 3.49. The van der Waals surface area contributed by atoms with Gasteiger partial charge in [-0.2, -0.15) is 0 Å². The summed E-state index contributed by atoms with van der Waals surface area (Å²) in [4.78, 5) is 22.5. The van der Waals surface area contributed by atoms with E-state index in [1.807, 2.05) is 48.5 Å². The molecule has 0 aromatic heterocycles. The lowest BCUT2D eigenvalue weighted by Gasteiger charge is -2.23. The molecule has 2 heteroatoms. The largest absolute Gasteiger partial charge is 0.298 e.